The molecule has 1 aromatic rings. The van der Waals surface area contributed by atoms with Gasteiger partial charge in [-0.05, 0) is 81.7 Å². The van der Waals surface area contributed by atoms with Gasteiger partial charge in [0, 0.05) is 6.04 Å². The highest BCUT2D eigenvalue weighted by Crippen LogP contribution is 2.36. The molecule has 0 saturated heterocycles. The predicted molar refractivity (Wildman–Crippen MR) is 86.6 cm³/mol. The van der Waals surface area contributed by atoms with E-state index in [0.29, 0.717) is 0 Å². The number of benzene rings is 1. The molecule has 19 heavy (non-hydrogen) atoms. The molecular formula is C15H21Br2NO. The predicted octanol–water partition coefficient (Wildman–Crippen LogP) is 4.67. The Labute approximate surface area is 132 Å². The van der Waals surface area contributed by atoms with Crippen LogP contribution in [-0.2, 0) is 6.42 Å². The molecule has 0 aromatic heterocycles. The lowest BCUT2D eigenvalue weighted by molar-refractivity contribution is 0.249. The van der Waals surface area contributed by atoms with Crippen LogP contribution in [0.4, 0.5) is 0 Å². The van der Waals surface area contributed by atoms with Crippen molar-refractivity contribution in [2.24, 2.45) is 11.7 Å². The van der Waals surface area contributed by atoms with Gasteiger partial charge in [0.25, 0.3) is 0 Å². The second-order valence-electron chi connectivity index (χ2n) is 5.53. The van der Waals surface area contributed by atoms with E-state index in [4.69, 9.17) is 10.5 Å². The molecule has 1 aliphatic rings. The van der Waals surface area contributed by atoms with Gasteiger partial charge in [0.15, 0.2) is 0 Å². The van der Waals surface area contributed by atoms with Crippen LogP contribution in [-0.4, -0.2) is 12.6 Å². The van der Waals surface area contributed by atoms with Crippen LogP contribution in [0, 0.1) is 5.92 Å². The van der Waals surface area contributed by atoms with Gasteiger partial charge in [-0.3, -0.25) is 0 Å². The van der Waals surface area contributed by atoms with E-state index >= 15 is 0 Å². The molecule has 1 atom stereocenters. The first kappa shape index (κ1) is 15.3. The minimum atomic E-state index is 0.170. The average molecular weight is 391 g/mol. The molecule has 0 radical (unpaired) electrons. The van der Waals surface area contributed by atoms with Crippen LogP contribution in [0.2, 0.25) is 0 Å². The largest absolute Gasteiger partial charge is 0.491 e. The fraction of sp³-hybridized carbons (Fsp3) is 0.600. The third-order valence-electron chi connectivity index (χ3n) is 3.55. The number of halogens is 2. The average Bonchev–Trinajstić information content (AvgIpc) is 2.79. The number of nitrogens with two attached hydrogens (primary N) is 1. The first-order chi connectivity index (χ1) is 9.06. The van der Waals surface area contributed by atoms with E-state index in [-0.39, 0.29) is 6.04 Å². The summed E-state index contributed by atoms with van der Waals surface area (Å²) in [5.41, 5.74) is 7.07. The van der Waals surface area contributed by atoms with Crippen LogP contribution in [0.5, 0.6) is 5.75 Å². The van der Waals surface area contributed by atoms with E-state index in [1.165, 1.54) is 31.2 Å². The zero-order valence-electron chi connectivity index (χ0n) is 11.3. The SMILES string of the molecule is CC(N)Cc1cc(Br)c(OCC2CCCC2)c(Br)c1. The van der Waals surface area contributed by atoms with Crippen molar-refractivity contribution in [3.8, 4) is 5.75 Å². The standard InChI is InChI=1S/C15H21Br2NO/c1-10(18)6-12-7-13(16)15(14(17)8-12)19-9-11-4-2-3-5-11/h7-8,10-11H,2-6,9,18H2,1H3. The summed E-state index contributed by atoms with van der Waals surface area (Å²) in [5.74, 6) is 1.64. The highest BCUT2D eigenvalue weighted by molar-refractivity contribution is 9.11. The number of hydrogen-bond donors (Lipinski definition) is 1. The maximum absolute atomic E-state index is 5.99. The van der Waals surface area contributed by atoms with Crippen molar-refractivity contribution in [3.05, 3.63) is 26.6 Å². The molecule has 2 N–H and O–H groups in total. The molecule has 0 bridgehead atoms. The minimum Gasteiger partial charge on any atom is -0.491 e. The molecule has 1 saturated carbocycles. The van der Waals surface area contributed by atoms with Crippen LogP contribution < -0.4 is 10.5 Å². The maximum atomic E-state index is 5.99. The van der Waals surface area contributed by atoms with Crippen molar-refractivity contribution in [3.63, 3.8) is 0 Å². The van der Waals surface area contributed by atoms with Crippen LogP contribution in [0.1, 0.15) is 38.2 Å². The van der Waals surface area contributed by atoms with Crippen LogP contribution in [0.15, 0.2) is 21.1 Å². The lowest BCUT2D eigenvalue weighted by Gasteiger charge is -2.15. The summed E-state index contributed by atoms with van der Waals surface area (Å²) in [4.78, 5) is 0. The summed E-state index contributed by atoms with van der Waals surface area (Å²) in [7, 11) is 0. The molecule has 106 valence electrons. The van der Waals surface area contributed by atoms with E-state index in [9.17, 15) is 0 Å². The molecule has 0 spiro atoms. The highest BCUT2D eigenvalue weighted by atomic mass is 79.9. The number of ether oxygens (including phenoxy) is 1. The third-order valence-corrected chi connectivity index (χ3v) is 4.73. The Morgan fingerprint density at radius 3 is 2.37 bits per heavy atom. The first-order valence-corrected chi connectivity index (χ1v) is 8.51. The fourth-order valence-electron chi connectivity index (χ4n) is 2.62. The van der Waals surface area contributed by atoms with Crippen LogP contribution in [0.25, 0.3) is 0 Å². The molecule has 1 aromatic carbocycles. The van der Waals surface area contributed by atoms with Crippen molar-refractivity contribution >= 4 is 31.9 Å². The van der Waals surface area contributed by atoms with Gasteiger partial charge in [0.2, 0.25) is 0 Å². The minimum absolute atomic E-state index is 0.170. The molecule has 1 fully saturated rings. The van der Waals surface area contributed by atoms with Gasteiger partial charge in [-0.15, -0.1) is 0 Å². The Morgan fingerprint density at radius 1 is 1.26 bits per heavy atom. The fourth-order valence-corrected chi connectivity index (χ4v) is 4.13. The van der Waals surface area contributed by atoms with Crippen molar-refractivity contribution in [1.82, 2.24) is 0 Å². The molecule has 0 aliphatic heterocycles. The summed E-state index contributed by atoms with van der Waals surface area (Å²) in [6, 6.07) is 4.39. The van der Waals surface area contributed by atoms with Gasteiger partial charge in [-0.2, -0.15) is 0 Å². The normalized spacial score (nSPS) is 17.7. The van der Waals surface area contributed by atoms with Gasteiger partial charge >= 0.3 is 0 Å². The number of rotatable bonds is 5. The van der Waals surface area contributed by atoms with Gasteiger partial charge < -0.3 is 10.5 Å². The van der Waals surface area contributed by atoms with Crippen molar-refractivity contribution in [2.75, 3.05) is 6.61 Å². The Morgan fingerprint density at radius 2 is 1.84 bits per heavy atom. The first-order valence-electron chi connectivity index (χ1n) is 6.92. The molecular weight excluding hydrogens is 370 g/mol. The van der Waals surface area contributed by atoms with E-state index in [1.807, 2.05) is 6.92 Å². The molecule has 1 unspecified atom stereocenters. The molecule has 1 aliphatic carbocycles. The van der Waals surface area contributed by atoms with Crippen LogP contribution >= 0.6 is 31.9 Å². The van der Waals surface area contributed by atoms with Gasteiger partial charge in [0.05, 0.1) is 15.6 Å². The topological polar surface area (TPSA) is 35.2 Å². The third kappa shape index (κ3) is 4.47. The molecule has 2 rings (SSSR count). The smallest absolute Gasteiger partial charge is 0.147 e. The second-order valence-corrected chi connectivity index (χ2v) is 7.24. The van der Waals surface area contributed by atoms with Crippen molar-refractivity contribution < 1.29 is 4.74 Å². The van der Waals surface area contributed by atoms with Gasteiger partial charge in [-0.1, -0.05) is 12.8 Å². The number of hydrogen-bond acceptors (Lipinski definition) is 2. The quantitative estimate of drug-likeness (QED) is 0.792. The Hall–Kier alpha value is -0.0600. The summed E-state index contributed by atoms with van der Waals surface area (Å²) in [6.07, 6.45) is 6.18. The Kier molecular flexibility index (Phi) is 5.72. The summed E-state index contributed by atoms with van der Waals surface area (Å²) < 4.78 is 8.01. The summed E-state index contributed by atoms with van der Waals surface area (Å²) in [6.45, 7) is 2.84. The van der Waals surface area contributed by atoms with Gasteiger partial charge in [0.1, 0.15) is 5.75 Å². The zero-order valence-corrected chi connectivity index (χ0v) is 14.5. The van der Waals surface area contributed by atoms with E-state index in [2.05, 4.69) is 44.0 Å². The summed E-state index contributed by atoms with van der Waals surface area (Å²) >= 11 is 7.20. The monoisotopic (exact) mass is 389 g/mol. The van der Waals surface area contributed by atoms with Crippen LogP contribution in [0.3, 0.4) is 0 Å². The lowest BCUT2D eigenvalue weighted by Crippen LogP contribution is -2.17. The summed E-state index contributed by atoms with van der Waals surface area (Å²) in [5, 5.41) is 0. The Bertz CT molecular complexity index is 405. The maximum Gasteiger partial charge on any atom is 0.147 e. The lowest BCUT2D eigenvalue weighted by atomic mass is 10.1. The molecule has 4 heteroatoms. The Balaban J connectivity index is 2.03. The zero-order chi connectivity index (χ0) is 13.8. The van der Waals surface area contributed by atoms with Gasteiger partial charge in [-0.25, -0.2) is 0 Å². The van der Waals surface area contributed by atoms with E-state index in [1.54, 1.807) is 0 Å². The molecule has 0 amide bonds. The van der Waals surface area contributed by atoms with E-state index in [0.717, 1.165) is 33.6 Å². The molecule has 0 heterocycles. The van der Waals surface area contributed by atoms with Crippen molar-refractivity contribution in [1.29, 1.82) is 0 Å². The van der Waals surface area contributed by atoms with E-state index < -0.39 is 0 Å². The molecule has 2 nitrogen and oxygen atoms in total. The highest BCUT2D eigenvalue weighted by Gasteiger charge is 2.17. The second kappa shape index (κ2) is 7.09. The van der Waals surface area contributed by atoms with Crippen molar-refractivity contribution in [2.45, 2.75) is 45.1 Å².